The molecule has 1 aromatic rings. The average molecular weight is 196 g/mol. The predicted molar refractivity (Wildman–Crippen MR) is 55.7 cm³/mol. The van der Waals surface area contributed by atoms with Crippen molar-refractivity contribution in [1.29, 1.82) is 0 Å². The number of rotatable bonds is 3. The van der Waals surface area contributed by atoms with E-state index in [-0.39, 0.29) is 5.24 Å². The molecule has 0 saturated heterocycles. The van der Waals surface area contributed by atoms with Crippen LogP contribution in [-0.2, 0) is 15.9 Å². The summed E-state index contributed by atoms with van der Waals surface area (Å²) in [6.07, 6.45) is 0.852. The van der Waals surface area contributed by atoms with Crippen LogP contribution in [-0.4, -0.2) is 19.0 Å². The topological polar surface area (TPSA) is 18.5 Å². The van der Waals surface area contributed by atoms with E-state index in [1.807, 2.05) is 18.2 Å². The fraction of sp³-hybridized carbons (Fsp3) is 0.300. The number of hydrogen-bond donors (Lipinski definition) is 0. The Kier molecular flexibility index (Phi) is 4.26. The zero-order chi connectivity index (χ0) is 9.52. The Labute approximate surface area is 83.5 Å². The van der Waals surface area contributed by atoms with Gasteiger partial charge in [0.05, 0.1) is 13.7 Å². The fourth-order valence-corrected chi connectivity index (χ4v) is 1.04. The molecular weight excluding hydrogens is 184 g/mol. The number of thiocarbonyl (C=S) groups is 1. The molecule has 0 aliphatic carbocycles. The van der Waals surface area contributed by atoms with E-state index in [9.17, 15) is 0 Å². The van der Waals surface area contributed by atoms with E-state index in [1.165, 1.54) is 12.7 Å². The van der Waals surface area contributed by atoms with Crippen molar-refractivity contribution in [3.8, 4) is 0 Å². The molecular formula is C10H12O2S. The Morgan fingerprint density at radius 2 is 2.00 bits per heavy atom. The molecule has 2 nitrogen and oxygen atoms in total. The highest BCUT2D eigenvalue weighted by Crippen LogP contribution is 1.99. The average Bonchev–Trinajstić information content (AvgIpc) is 2.19. The van der Waals surface area contributed by atoms with Crippen LogP contribution in [0.1, 0.15) is 5.56 Å². The molecule has 0 N–H and O–H groups in total. The molecule has 0 unspecified atom stereocenters. The largest absolute Gasteiger partial charge is 0.460 e. The first kappa shape index (κ1) is 9.99. The first-order valence-electron chi connectivity index (χ1n) is 4.07. The standard InChI is InChI=1S/C10H12O2S/c1-11-10(13)12-8-7-9-5-3-2-4-6-9/h2-6H,7-8H2,1H3. The van der Waals surface area contributed by atoms with Crippen molar-refractivity contribution in [2.24, 2.45) is 0 Å². The Bertz CT molecular complexity index is 259. The summed E-state index contributed by atoms with van der Waals surface area (Å²) in [5.41, 5.74) is 1.24. The second-order valence-corrected chi connectivity index (χ2v) is 2.87. The van der Waals surface area contributed by atoms with Gasteiger partial charge in [0.1, 0.15) is 0 Å². The maximum atomic E-state index is 5.10. The summed E-state index contributed by atoms with van der Waals surface area (Å²) in [4.78, 5) is 0. The maximum absolute atomic E-state index is 5.10. The van der Waals surface area contributed by atoms with Crippen LogP contribution in [0.15, 0.2) is 30.3 Å². The lowest BCUT2D eigenvalue weighted by molar-refractivity contribution is 0.213. The van der Waals surface area contributed by atoms with E-state index in [0.29, 0.717) is 6.61 Å². The number of ether oxygens (including phenoxy) is 2. The molecule has 0 amide bonds. The predicted octanol–water partition coefficient (Wildman–Crippen LogP) is 2.18. The molecule has 1 rings (SSSR count). The highest BCUT2D eigenvalue weighted by atomic mass is 32.1. The lowest BCUT2D eigenvalue weighted by atomic mass is 10.2. The quantitative estimate of drug-likeness (QED) is 0.690. The first-order valence-corrected chi connectivity index (χ1v) is 4.48. The number of benzene rings is 1. The van der Waals surface area contributed by atoms with Gasteiger partial charge in [-0.3, -0.25) is 0 Å². The number of hydrogen-bond acceptors (Lipinski definition) is 3. The van der Waals surface area contributed by atoms with E-state index in [4.69, 9.17) is 21.7 Å². The molecule has 0 aliphatic rings. The van der Waals surface area contributed by atoms with Crippen LogP contribution in [0.3, 0.4) is 0 Å². The van der Waals surface area contributed by atoms with Gasteiger partial charge in [0, 0.05) is 18.6 Å². The molecule has 1 aromatic carbocycles. The Morgan fingerprint density at radius 1 is 1.31 bits per heavy atom. The van der Waals surface area contributed by atoms with E-state index in [2.05, 4.69) is 12.1 Å². The monoisotopic (exact) mass is 196 g/mol. The van der Waals surface area contributed by atoms with Gasteiger partial charge in [-0.05, 0) is 5.56 Å². The van der Waals surface area contributed by atoms with Gasteiger partial charge in [-0.15, -0.1) is 0 Å². The van der Waals surface area contributed by atoms with E-state index >= 15 is 0 Å². The zero-order valence-corrected chi connectivity index (χ0v) is 8.34. The third-order valence-electron chi connectivity index (χ3n) is 1.62. The van der Waals surface area contributed by atoms with Crippen LogP contribution in [0.5, 0.6) is 0 Å². The van der Waals surface area contributed by atoms with Crippen molar-refractivity contribution in [2.45, 2.75) is 6.42 Å². The minimum atomic E-state index is 0.205. The van der Waals surface area contributed by atoms with Gasteiger partial charge in [-0.1, -0.05) is 30.3 Å². The molecule has 70 valence electrons. The van der Waals surface area contributed by atoms with Crippen molar-refractivity contribution >= 4 is 17.5 Å². The highest BCUT2D eigenvalue weighted by molar-refractivity contribution is 7.79. The Morgan fingerprint density at radius 3 is 2.62 bits per heavy atom. The zero-order valence-electron chi connectivity index (χ0n) is 7.53. The highest BCUT2D eigenvalue weighted by Gasteiger charge is 1.95. The first-order chi connectivity index (χ1) is 6.33. The van der Waals surface area contributed by atoms with Crippen LogP contribution in [0.25, 0.3) is 0 Å². The third kappa shape index (κ3) is 3.90. The van der Waals surface area contributed by atoms with Gasteiger partial charge >= 0.3 is 5.24 Å². The summed E-state index contributed by atoms with van der Waals surface area (Å²) in [7, 11) is 1.50. The van der Waals surface area contributed by atoms with Gasteiger partial charge in [0.25, 0.3) is 0 Å². The number of methoxy groups -OCH3 is 1. The van der Waals surface area contributed by atoms with Crippen molar-refractivity contribution in [3.63, 3.8) is 0 Å². The molecule has 0 bridgehead atoms. The molecule has 0 fully saturated rings. The van der Waals surface area contributed by atoms with Crippen LogP contribution in [0.2, 0.25) is 0 Å². The second kappa shape index (κ2) is 5.54. The maximum Gasteiger partial charge on any atom is 0.351 e. The third-order valence-corrected chi connectivity index (χ3v) is 1.90. The van der Waals surface area contributed by atoms with Crippen molar-refractivity contribution in [3.05, 3.63) is 35.9 Å². The van der Waals surface area contributed by atoms with Crippen molar-refractivity contribution in [2.75, 3.05) is 13.7 Å². The minimum Gasteiger partial charge on any atom is -0.460 e. The summed E-state index contributed by atoms with van der Waals surface area (Å²) in [5, 5.41) is 0.205. The Hall–Kier alpha value is -1.09. The van der Waals surface area contributed by atoms with Crippen molar-refractivity contribution in [1.82, 2.24) is 0 Å². The fourth-order valence-electron chi connectivity index (χ4n) is 0.956. The van der Waals surface area contributed by atoms with Gasteiger partial charge in [-0.2, -0.15) is 0 Å². The molecule has 0 atom stereocenters. The summed E-state index contributed by atoms with van der Waals surface area (Å²) in [6.45, 7) is 0.566. The molecule has 0 spiro atoms. The smallest absolute Gasteiger partial charge is 0.351 e. The van der Waals surface area contributed by atoms with Crippen LogP contribution >= 0.6 is 12.2 Å². The van der Waals surface area contributed by atoms with E-state index in [0.717, 1.165) is 6.42 Å². The van der Waals surface area contributed by atoms with E-state index in [1.54, 1.807) is 0 Å². The van der Waals surface area contributed by atoms with Gasteiger partial charge in [0.15, 0.2) is 0 Å². The summed E-state index contributed by atoms with van der Waals surface area (Å²) < 4.78 is 9.80. The molecule has 0 radical (unpaired) electrons. The molecule has 13 heavy (non-hydrogen) atoms. The lowest BCUT2D eigenvalue weighted by Gasteiger charge is -2.04. The SMILES string of the molecule is COC(=S)OCCc1ccccc1. The second-order valence-electron chi connectivity index (χ2n) is 2.54. The molecule has 0 aliphatic heterocycles. The van der Waals surface area contributed by atoms with Crippen LogP contribution in [0, 0.1) is 0 Å². The van der Waals surface area contributed by atoms with Gasteiger partial charge in [0.2, 0.25) is 0 Å². The van der Waals surface area contributed by atoms with Gasteiger partial charge < -0.3 is 9.47 Å². The normalized spacial score (nSPS) is 9.31. The van der Waals surface area contributed by atoms with E-state index < -0.39 is 0 Å². The summed E-state index contributed by atoms with van der Waals surface area (Å²) in [6, 6.07) is 10.1. The molecule has 0 aromatic heterocycles. The minimum absolute atomic E-state index is 0.205. The summed E-state index contributed by atoms with van der Waals surface area (Å²) in [5.74, 6) is 0. The molecule has 0 heterocycles. The summed E-state index contributed by atoms with van der Waals surface area (Å²) >= 11 is 4.73. The van der Waals surface area contributed by atoms with Gasteiger partial charge in [-0.25, -0.2) is 0 Å². The molecule has 3 heteroatoms. The van der Waals surface area contributed by atoms with Crippen LogP contribution in [0.4, 0.5) is 0 Å². The lowest BCUT2D eigenvalue weighted by Crippen LogP contribution is -2.06. The van der Waals surface area contributed by atoms with Crippen LogP contribution < -0.4 is 0 Å². The van der Waals surface area contributed by atoms with Crippen molar-refractivity contribution < 1.29 is 9.47 Å². The Balaban J connectivity index is 2.24. The molecule has 0 saturated carbocycles.